The van der Waals surface area contributed by atoms with Crippen LogP contribution < -0.4 is 5.32 Å². The smallest absolute Gasteiger partial charge is 0.277 e. The molecular weight excluding hydrogens is 332 g/mol. The van der Waals surface area contributed by atoms with Gasteiger partial charge in [-0.05, 0) is 31.2 Å². The highest BCUT2D eigenvalue weighted by Gasteiger charge is 2.19. The lowest BCUT2D eigenvalue weighted by molar-refractivity contribution is 0.102. The third kappa shape index (κ3) is 4.00. The van der Waals surface area contributed by atoms with Crippen molar-refractivity contribution in [3.05, 3.63) is 78.7 Å². The zero-order valence-electron chi connectivity index (χ0n) is 13.9. The van der Waals surface area contributed by atoms with Crippen molar-refractivity contribution in [2.45, 2.75) is 11.8 Å². The Morgan fingerprint density at radius 3 is 2.68 bits per heavy atom. The van der Waals surface area contributed by atoms with Gasteiger partial charge in [0.25, 0.3) is 5.91 Å². The number of hydrogen-bond donors (Lipinski definition) is 1. The second kappa shape index (κ2) is 7.85. The van der Waals surface area contributed by atoms with Crippen molar-refractivity contribution >= 4 is 23.4 Å². The number of anilines is 1. The lowest BCUT2D eigenvalue weighted by Gasteiger charge is -2.09. The van der Waals surface area contributed by atoms with E-state index in [0.717, 1.165) is 21.9 Å². The maximum atomic E-state index is 12.6. The van der Waals surface area contributed by atoms with Crippen LogP contribution in [-0.4, -0.2) is 16.6 Å². The molecule has 0 bridgehead atoms. The first kappa shape index (κ1) is 17.0. The lowest BCUT2D eigenvalue weighted by Crippen LogP contribution is -2.14. The molecule has 0 spiro atoms. The van der Waals surface area contributed by atoms with Crippen LogP contribution in [0.3, 0.4) is 0 Å². The largest absolute Gasteiger partial charge is 0.441 e. The van der Waals surface area contributed by atoms with Crippen LogP contribution in [0.15, 0.2) is 76.6 Å². The molecule has 0 fully saturated rings. The summed E-state index contributed by atoms with van der Waals surface area (Å²) >= 11 is 1.61. The molecule has 1 amide bonds. The molecule has 0 saturated heterocycles. The number of rotatable bonds is 6. The first-order valence-corrected chi connectivity index (χ1v) is 8.84. The number of aryl methyl sites for hydroxylation is 1. The Morgan fingerprint density at radius 2 is 1.92 bits per heavy atom. The molecule has 0 radical (unpaired) electrons. The van der Waals surface area contributed by atoms with E-state index in [1.54, 1.807) is 18.7 Å². The molecule has 0 unspecified atom stereocenters. The Kier molecular flexibility index (Phi) is 5.36. The van der Waals surface area contributed by atoms with Crippen LogP contribution in [0.25, 0.3) is 11.5 Å². The predicted molar refractivity (Wildman–Crippen MR) is 102 cm³/mol. The molecule has 0 aliphatic carbocycles. The molecule has 1 aromatic heterocycles. The van der Waals surface area contributed by atoms with Crippen LogP contribution in [0.5, 0.6) is 0 Å². The summed E-state index contributed by atoms with van der Waals surface area (Å²) in [7, 11) is 0. The molecule has 4 nitrogen and oxygen atoms in total. The van der Waals surface area contributed by atoms with Crippen LogP contribution in [-0.2, 0) is 0 Å². The summed E-state index contributed by atoms with van der Waals surface area (Å²) in [5.74, 6) is 1.42. The highest BCUT2D eigenvalue weighted by molar-refractivity contribution is 7.99. The normalized spacial score (nSPS) is 10.4. The van der Waals surface area contributed by atoms with Gasteiger partial charge in [-0.3, -0.25) is 4.79 Å². The molecule has 0 saturated carbocycles. The summed E-state index contributed by atoms with van der Waals surface area (Å²) in [5.41, 5.74) is 1.89. The molecule has 3 rings (SSSR count). The van der Waals surface area contributed by atoms with Gasteiger partial charge in [-0.25, -0.2) is 4.98 Å². The van der Waals surface area contributed by atoms with E-state index >= 15 is 0 Å². The molecule has 126 valence electrons. The quantitative estimate of drug-likeness (QED) is 0.491. The number of nitrogens with one attached hydrogen (secondary N) is 1. The van der Waals surface area contributed by atoms with Crippen LogP contribution in [0.4, 0.5) is 5.69 Å². The summed E-state index contributed by atoms with van der Waals surface area (Å²) < 4.78 is 5.66. The van der Waals surface area contributed by atoms with Gasteiger partial charge < -0.3 is 9.73 Å². The van der Waals surface area contributed by atoms with E-state index in [4.69, 9.17) is 4.42 Å². The number of hydrogen-bond acceptors (Lipinski definition) is 4. The first-order chi connectivity index (χ1) is 12.2. The van der Waals surface area contributed by atoms with Crippen molar-refractivity contribution in [3.8, 4) is 11.5 Å². The number of benzene rings is 2. The first-order valence-electron chi connectivity index (χ1n) is 7.86. The van der Waals surface area contributed by atoms with Crippen molar-refractivity contribution < 1.29 is 9.21 Å². The maximum Gasteiger partial charge on any atom is 0.277 e. The Morgan fingerprint density at radius 1 is 1.20 bits per heavy atom. The zero-order chi connectivity index (χ0) is 17.6. The van der Waals surface area contributed by atoms with Crippen molar-refractivity contribution in [2.75, 3.05) is 11.1 Å². The summed E-state index contributed by atoms with van der Waals surface area (Å²) in [6.07, 6.45) is 1.83. The minimum atomic E-state index is -0.282. The minimum Gasteiger partial charge on any atom is -0.441 e. The second-order valence-corrected chi connectivity index (χ2v) is 6.40. The Balaban J connectivity index is 1.83. The number of carbonyl (C=O) groups is 1. The molecule has 0 aliphatic heterocycles. The number of aromatic nitrogens is 1. The summed E-state index contributed by atoms with van der Waals surface area (Å²) in [5, 5.41) is 2.92. The van der Waals surface area contributed by atoms with Crippen LogP contribution in [0.2, 0.25) is 0 Å². The SMILES string of the molecule is C=CCSc1ccccc1NC(=O)c1nc(-c2ccccc2)oc1C. The van der Waals surface area contributed by atoms with Gasteiger partial charge in [-0.1, -0.05) is 36.4 Å². The second-order valence-electron chi connectivity index (χ2n) is 5.34. The van der Waals surface area contributed by atoms with Gasteiger partial charge in [0.1, 0.15) is 5.76 Å². The molecule has 0 atom stereocenters. The van der Waals surface area contributed by atoms with Crippen LogP contribution >= 0.6 is 11.8 Å². The molecule has 3 aromatic rings. The predicted octanol–water partition coefficient (Wildman–Crippen LogP) is 5.18. The van der Waals surface area contributed by atoms with Crippen molar-refractivity contribution in [1.29, 1.82) is 0 Å². The molecule has 1 heterocycles. The third-order valence-electron chi connectivity index (χ3n) is 3.52. The highest BCUT2D eigenvalue weighted by atomic mass is 32.2. The van der Waals surface area contributed by atoms with Crippen LogP contribution in [0.1, 0.15) is 16.2 Å². The fourth-order valence-electron chi connectivity index (χ4n) is 2.34. The number of thioether (sulfide) groups is 1. The van der Waals surface area contributed by atoms with E-state index in [0.29, 0.717) is 17.3 Å². The third-order valence-corrected chi connectivity index (χ3v) is 4.59. The maximum absolute atomic E-state index is 12.6. The van der Waals surface area contributed by atoms with E-state index < -0.39 is 0 Å². The molecule has 25 heavy (non-hydrogen) atoms. The molecular formula is C20H18N2O2S. The van der Waals surface area contributed by atoms with Gasteiger partial charge in [-0.15, -0.1) is 18.3 Å². The standard InChI is InChI=1S/C20H18N2O2S/c1-3-13-25-17-12-8-7-11-16(17)21-19(23)18-14(2)24-20(22-18)15-9-5-4-6-10-15/h3-12H,1,13H2,2H3,(H,21,23). The monoisotopic (exact) mass is 350 g/mol. The summed E-state index contributed by atoms with van der Waals surface area (Å²) in [6, 6.07) is 17.2. The van der Waals surface area contributed by atoms with Gasteiger partial charge in [0, 0.05) is 16.2 Å². The summed E-state index contributed by atoms with van der Waals surface area (Å²) in [6.45, 7) is 5.47. The number of nitrogens with zero attached hydrogens (tertiary/aromatic N) is 1. The van der Waals surface area contributed by atoms with Crippen molar-refractivity contribution in [2.24, 2.45) is 0 Å². The molecule has 2 aromatic carbocycles. The minimum absolute atomic E-state index is 0.282. The topological polar surface area (TPSA) is 55.1 Å². The zero-order valence-corrected chi connectivity index (χ0v) is 14.7. The Labute approximate surface area is 151 Å². The highest BCUT2D eigenvalue weighted by Crippen LogP contribution is 2.28. The number of oxazole rings is 1. The average Bonchev–Trinajstić information content (AvgIpc) is 3.03. The van der Waals surface area contributed by atoms with E-state index in [2.05, 4.69) is 16.9 Å². The summed E-state index contributed by atoms with van der Waals surface area (Å²) in [4.78, 5) is 18.0. The van der Waals surface area contributed by atoms with Gasteiger partial charge in [0.15, 0.2) is 5.69 Å². The van der Waals surface area contributed by atoms with E-state index in [1.165, 1.54) is 0 Å². The average molecular weight is 350 g/mol. The van der Waals surface area contributed by atoms with Crippen LogP contribution in [0, 0.1) is 6.92 Å². The van der Waals surface area contributed by atoms with E-state index in [9.17, 15) is 4.79 Å². The van der Waals surface area contributed by atoms with Gasteiger partial charge in [0.2, 0.25) is 5.89 Å². The molecule has 1 N–H and O–H groups in total. The van der Waals surface area contributed by atoms with Crippen molar-refractivity contribution in [1.82, 2.24) is 4.98 Å². The van der Waals surface area contributed by atoms with E-state index in [-0.39, 0.29) is 5.91 Å². The number of carbonyl (C=O) groups excluding carboxylic acids is 1. The Bertz CT molecular complexity index is 888. The molecule has 0 aliphatic rings. The van der Waals surface area contributed by atoms with Crippen molar-refractivity contribution in [3.63, 3.8) is 0 Å². The van der Waals surface area contributed by atoms with Gasteiger partial charge in [0.05, 0.1) is 5.69 Å². The fourth-order valence-corrected chi connectivity index (χ4v) is 3.08. The van der Waals surface area contributed by atoms with Gasteiger partial charge in [-0.2, -0.15) is 0 Å². The Hall–Kier alpha value is -2.79. The van der Waals surface area contributed by atoms with E-state index in [1.807, 2.05) is 60.7 Å². The number of para-hydroxylation sites is 1. The fraction of sp³-hybridized carbons (Fsp3) is 0.100. The lowest BCUT2D eigenvalue weighted by atomic mass is 10.2. The molecule has 5 heteroatoms. The van der Waals surface area contributed by atoms with Gasteiger partial charge >= 0.3 is 0 Å². The number of amides is 1.